The lowest BCUT2D eigenvalue weighted by Crippen LogP contribution is -2.24. The van der Waals surface area contributed by atoms with Crippen molar-refractivity contribution in [1.29, 1.82) is 0 Å². The molecule has 4 heteroatoms. The van der Waals surface area contributed by atoms with E-state index in [0.717, 1.165) is 24.0 Å². The summed E-state index contributed by atoms with van der Waals surface area (Å²) in [4.78, 5) is 15.1. The average Bonchev–Trinajstić information content (AvgIpc) is 2.76. The first kappa shape index (κ1) is 12.1. The molecule has 0 aromatic carbocycles. The number of hydrogen-bond donors (Lipinski definition) is 0. The fourth-order valence-electron chi connectivity index (χ4n) is 2.01. The van der Waals surface area contributed by atoms with Crippen LogP contribution in [0, 0.1) is 11.8 Å². The molecule has 88 valence electrons. The van der Waals surface area contributed by atoms with Crippen LogP contribution in [0.15, 0.2) is 15.9 Å². The third kappa shape index (κ3) is 2.48. The molecule has 1 saturated heterocycles. The molecule has 1 aliphatic heterocycles. The normalized spacial score (nSPS) is 21.1. The van der Waals surface area contributed by atoms with Crippen LogP contribution in [0.25, 0.3) is 0 Å². The van der Waals surface area contributed by atoms with Gasteiger partial charge in [-0.2, -0.15) is 0 Å². The minimum absolute atomic E-state index is 0.305. The van der Waals surface area contributed by atoms with Crippen LogP contribution in [0.3, 0.4) is 0 Å². The third-order valence-corrected chi connectivity index (χ3v) is 5.12. The number of thiophene rings is 1. The summed E-state index contributed by atoms with van der Waals surface area (Å²) >= 11 is 5.22. The van der Waals surface area contributed by atoms with Gasteiger partial charge in [0, 0.05) is 22.3 Å². The first-order chi connectivity index (χ1) is 7.58. The number of likely N-dealkylation sites (tertiary alicyclic amines) is 1. The number of hydrogen-bond acceptors (Lipinski definition) is 2. The van der Waals surface area contributed by atoms with Crippen LogP contribution in [-0.4, -0.2) is 17.4 Å². The molecule has 1 aromatic rings. The predicted octanol–water partition coefficient (Wildman–Crippen LogP) is 3.52. The van der Waals surface area contributed by atoms with Gasteiger partial charge in [-0.15, -0.1) is 11.3 Å². The standard InChI is InChI=1S/C12H16BrNOS/c1-8(2)9-5-12(15)14(6-9)7-11-10(13)3-4-16-11/h3-4,8-9H,5-7H2,1-2H3. The fourth-order valence-corrected chi connectivity index (χ4v) is 3.51. The van der Waals surface area contributed by atoms with E-state index < -0.39 is 0 Å². The maximum absolute atomic E-state index is 11.8. The fraction of sp³-hybridized carbons (Fsp3) is 0.583. The topological polar surface area (TPSA) is 20.3 Å². The summed E-state index contributed by atoms with van der Waals surface area (Å²) in [6, 6.07) is 2.04. The van der Waals surface area contributed by atoms with E-state index in [1.807, 2.05) is 11.0 Å². The van der Waals surface area contributed by atoms with Gasteiger partial charge in [0.15, 0.2) is 0 Å². The summed E-state index contributed by atoms with van der Waals surface area (Å²) in [5.74, 6) is 1.44. The lowest BCUT2D eigenvalue weighted by atomic mass is 9.95. The van der Waals surface area contributed by atoms with Gasteiger partial charge in [-0.1, -0.05) is 13.8 Å². The van der Waals surface area contributed by atoms with Crippen LogP contribution in [0.5, 0.6) is 0 Å². The summed E-state index contributed by atoms with van der Waals surface area (Å²) in [5, 5.41) is 2.06. The molecular weight excluding hydrogens is 286 g/mol. The Morgan fingerprint density at radius 1 is 1.62 bits per heavy atom. The minimum atomic E-state index is 0.305. The number of carbonyl (C=O) groups is 1. The van der Waals surface area contributed by atoms with Crippen molar-refractivity contribution < 1.29 is 4.79 Å². The van der Waals surface area contributed by atoms with E-state index in [4.69, 9.17) is 0 Å². The average molecular weight is 302 g/mol. The van der Waals surface area contributed by atoms with Gasteiger partial charge in [-0.25, -0.2) is 0 Å². The van der Waals surface area contributed by atoms with Crippen molar-refractivity contribution in [2.75, 3.05) is 6.54 Å². The second-order valence-electron chi connectivity index (χ2n) is 4.67. The molecule has 0 radical (unpaired) electrons. The maximum atomic E-state index is 11.8. The Kier molecular flexibility index (Phi) is 3.70. The van der Waals surface area contributed by atoms with Crippen LogP contribution in [0.4, 0.5) is 0 Å². The first-order valence-electron chi connectivity index (χ1n) is 5.57. The van der Waals surface area contributed by atoms with Crippen LogP contribution >= 0.6 is 27.3 Å². The van der Waals surface area contributed by atoms with Crippen molar-refractivity contribution >= 4 is 33.2 Å². The Bertz CT molecular complexity index is 388. The number of halogens is 1. The summed E-state index contributed by atoms with van der Waals surface area (Å²) < 4.78 is 1.12. The number of amides is 1. The van der Waals surface area contributed by atoms with Crippen molar-refractivity contribution in [3.05, 3.63) is 20.8 Å². The molecule has 0 aliphatic carbocycles. The molecule has 1 aliphatic rings. The van der Waals surface area contributed by atoms with Gasteiger partial charge in [0.05, 0.1) is 6.54 Å². The van der Waals surface area contributed by atoms with E-state index in [-0.39, 0.29) is 0 Å². The summed E-state index contributed by atoms with van der Waals surface area (Å²) in [5.41, 5.74) is 0. The molecule has 1 fully saturated rings. The molecule has 1 atom stereocenters. The Morgan fingerprint density at radius 2 is 2.38 bits per heavy atom. The maximum Gasteiger partial charge on any atom is 0.223 e. The Hall–Kier alpha value is -0.350. The van der Waals surface area contributed by atoms with Crippen molar-refractivity contribution in [2.45, 2.75) is 26.8 Å². The molecule has 1 aromatic heterocycles. The zero-order valence-electron chi connectivity index (χ0n) is 9.57. The Balaban J connectivity index is 2.02. The zero-order valence-corrected chi connectivity index (χ0v) is 12.0. The van der Waals surface area contributed by atoms with Crippen molar-refractivity contribution in [2.24, 2.45) is 11.8 Å². The first-order valence-corrected chi connectivity index (χ1v) is 7.25. The molecule has 16 heavy (non-hydrogen) atoms. The van der Waals surface area contributed by atoms with E-state index in [1.54, 1.807) is 11.3 Å². The molecule has 2 heterocycles. The van der Waals surface area contributed by atoms with E-state index in [1.165, 1.54) is 4.88 Å². The summed E-state index contributed by atoms with van der Waals surface area (Å²) in [6.07, 6.45) is 0.723. The lowest BCUT2D eigenvalue weighted by molar-refractivity contribution is -0.128. The lowest BCUT2D eigenvalue weighted by Gasteiger charge is -2.17. The minimum Gasteiger partial charge on any atom is -0.337 e. The molecule has 0 spiro atoms. The largest absolute Gasteiger partial charge is 0.337 e. The Labute approximate surface area is 109 Å². The second-order valence-corrected chi connectivity index (χ2v) is 6.53. The van der Waals surface area contributed by atoms with Gasteiger partial charge in [0.25, 0.3) is 0 Å². The highest BCUT2D eigenvalue weighted by molar-refractivity contribution is 9.10. The number of rotatable bonds is 3. The molecule has 0 bridgehead atoms. The number of nitrogens with zero attached hydrogens (tertiary/aromatic N) is 1. The highest BCUT2D eigenvalue weighted by Gasteiger charge is 2.31. The van der Waals surface area contributed by atoms with Crippen LogP contribution < -0.4 is 0 Å². The summed E-state index contributed by atoms with van der Waals surface area (Å²) in [7, 11) is 0. The number of carbonyl (C=O) groups excluding carboxylic acids is 1. The monoisotopic (exact) mass is 301 g/mol. The predicted molar refractivity (Wildman–Crippen MR) is 70.4 cm³/mol. The van der Waals surface area contributed by atoms with E-state index in [0.29, 0.717) is 17.7 Å². The van der Waals surface area contributed by atoms with Gasteiger partial charge in [0.1, 0.15) is 0 Å². The molecule has 2 nitrogen and oxygen atoms in total. The van der Waals surface area contributed by atoms with Crippen LogP contribution in [-0.2, 0) is 11.3 Å². The molecule has 0 N–H and O–H groups in total. The van der Waals surface area contributed by atoms with Crippen LogP contribution in [0.2, 0.25) is 0 Å². The van der Waals surface area contributed by atoms with Gasteiger partial charge in [-0.05, 0) is 39.2 Å². The van der Waals surface area contributed by atoms with Gasteiger partial charge < -0.3 is 4.90 Å². The van der Waals surface area contributed by atoms with Crippen molar-refractivity contribution in [3.8, 4) is 0 Å². The smallest absolute Gasteiger partial charge is 0.223 e. The van der Waals surface area contributed by atoms with E-state index >= 15 is 0 Å². The quantitative estimate of drug-likeness (QED) is 0.836. The Morgan fingerprint density at radius 3 is 2.88 bits per heavy atom. The summed E-state index contributed by atoms with van der Waals surface area (Å²) in [6.45, 7) is 6.08. The zero-order chi connectivity index (χ0) is 11.7. The van der Waals surface area contributed by atoms with Crippen molar-refractivity contribution in [1.82, 2.24) is 4.90 Å². The SMILES string of the molecule is CC(C)C1CC(=O)N(Cc2sccc2Br)C1. The third-order valence-electron chi connectivity index (χ3n) is 3.21. The molecular formula is C12H16BrNOS. The molecule has 1 unspecified atom stereocenters. The molecule has 2 rings (SSSR count). The van der Waals surface area contributed by atoms with Gasteiger partial charge in [-0.3, -0.25) is 4.79 Å². The van der Waals surface area contributed by atoms with E-state index in [2.05, 4.69) is 35.2 Å². The second kappa shape index (κ2) is 4.88. The molecule has 1 amide bonds. The van der Waals surface area contributed by atoms with Gasteiger partial charge in [0.2, 0.25) is 5.91 Å². The molecule has 0 saturated carbocycles. The van der Waals surface area contributed by atoms with E-state index in [9.17, 15) is 4.79 Å². The van der Waals surface area contributed by atoms with Crippen LogP contribution in [0.1, 0.15) is 25.1 Å². The van der Waals surface area contributed by atoms with Crippen molar-refractivity contribution in [3.63, 3.8) is 0 Å². The van der Waals surface area contributed by atoms with Gasteiger partial charge >= 0.3 is 0 Å². The highest BCUT2D eigenvalue weighted by atomic mass is 79.9. The highest BCUT2D eigenvalue weighted by Crippen LogP contribution is 2.29.